The maximum atomic E-state index is 11.6. The minimum atomic E-state index is -0.950. The number of hydrogen-bond acceptors (Lipinski definition) is 5. The van der Waals surface area contributed by atoms with E-state index in [0.29, 0.717) is 29.9 Å². The van der Waals surface area contributed by atoms with Crippen molar-refractivity contribution in [3.05, 3.63) is 71.3 Å². The van der Waals surface area contributed by atoms with Gasteiger partial charge in [0.25, 0.3) is 0 Å². The van der Waals surface area contributed by atoms with Gasteiger partial charge in [-0.25, -0.2) is 14.5 Å². The summed E-state index contributed by atoms with van der Waals surface area (Å²) in [5.41, 5.74) is 2.91. The van der Waals surface area contributed by atoms with Gasteiger partial charge in [0.15, 0.2) is 0 Å². The molecule has 33 heavy (non-hydrogen) atoms. The minimum absolute atomic E-state index is 0.291. The molecule has 2 aromatic carbocycles. The van der Waals surface area contributed by atoms with Crippen molar-refractivity contribution in [2.75, 3.05) is 14.2 Å². The average molecular weight is 452 g/mol. The molecule has 0 saturated heterocycles. The minimum Gasteiger partial charge on any atom is -0.478 e. The van der Waals surface area contributed by atoms with Gasteiger partial charge in [-0.3, -0.25) is 0 Å². The molecule has 0 aliphatic heterocycles. The Morgan fingerprint density at radius 2 is 1.73 bits per heavy atom. The molecule has 1 aromatic heterocycles. The number of aromatic carboxylic acids is 1. The Hall–Kier alpha value is -3.03. The molecule has 1 heterocycles. The van der Waals surface area contributed by atoms with E-state index in [-0.39, 0.29) is 0 Å². The van der Waals surface area contributed by atoms with E-state index in [4.69, 9.17) is 19.6 Å². The lowest BCUT2D eigenvalue weighted by molar-refractivity contribution is -0.226. The number of carbonyl (C=O) groups is 1. The predicted molar refractivity (Wildman–Crippen MR) is 127 cm³/mol. The maximum Gasteiger partial charge on any atom is 0.336 e. The fraction of sp³-hybridized carbons (Fsp3) is 0.423. The quantitative estimate of drug-likeness (QED) is 0.377. The van der Waals surface area contributed by atoms with Crippen LogP contribution in [0.2, 0.25) is 0 Å². The van der Waals surface area contributed by atoms with Gasteiger partial charge in [0.2, 0.25) is 11.6 Å². The molecule has 3 aromatic rings. The van der Waals surface area contributed by atoms with Gasteiger partial charge < -0.3 is 14.6 Å². The first-order valence-corrected chi connectivity index (χ1v) is 11.4. The topological polar surface area (TPSA) is 86.5 Å². The SMILES string of the molecule is CCCCC(OC)(OC)c1nc(CCC)n(Cc2ccc(-c3ccccc3C(=O)O)cc2)n1. The summed E-state index contributed by atoms with van der Waals surface area (Å²) in [5, 5.41) is 14.3. The normalized spacial score (nSPS) is 11.6. The third-order valence-electron chi connectivity index (χ3n) is 5.84. The number of unbranched alkanes of at least 4 members (excludes halogenated alkanes) is 1. The number of ether oxygens (including phenoxy) is 2. The van der Waals surface area contributed by atoms with Crippen molar-refractivity contribution in [2.24, 2.45) is 0 Å². The lowest BCUT2D eigenvalue weighted by Gasteiger charge is -2.27. The van der Waals surface area contributed by atoms with Crippen molar-refractivity contribution < 1.29 is 19.4 Å². The van der Waals surface area contributed by atoms with Crippen LogP contribution >= 0.6 is 0 Å². The smallest absolute Gasteiger partial charge is 0.336 e. The van der Waals surface area contributed by atoms with Crippen molar-refractivity contribution >= 4 is 5.97 Å². The molecule has 7 heteroatoms. The number of aromatic nitrogens is 3. The molecule has 0 atom stereocenters. The summed E-state index contributed by atoms with van der Waals surface area (Å²) in [6.45, 7) is 4.80. The number of carboxylic acids is 1. The van der Waals surface area contributed by atoms with Gasteiger partial charge in [-0.1, -0.05) is 62.7 Å². The van der Waals surface area contributed by atoms with Crippen LogP contribution in [0.4, 0.5) is 0 Å². The molecule has 0 aliphatic carbocycles. The Morgan fingerprint density at radius 1 is 1.03 bits per heavy atom. The molecular formula is C26H33N3O4. The second kappa shape index (κ2) is 11.2. The van der Waals surface area contributed by atoms with E-state index in [1.807, 2.05) is 41.1 Å². The highest BCUT2D eigenvalue weighted by atomic mass is 16.7. The standard InChI is InChI=1S/C26H33N3O4/c1-5-7-17-26(32-3,33-4)25-27-23(10-6-2)29(28-25)18-19-13-15-20(16-14-19)21-11-8-9-12-22(21)24(30)31/h8-9,11-16H,5-7,10,17-18H2,1-4H3,(H,30,31). The van der Waals surface area contributed by atoms with Gasteiger partial charge in [-0.2, -0.15) is 0 Å². The number of aryl methyl sites for hydroxylation is 1. The first-order valence-electron chi connectivity index (χ1n) is 11.4. The number of rotatable bonds is 12. The third kappa shape index (κ3) is 5.49. The van der Waals surface area contributed by atoms with E-state index in [0.717, 1.165) is 42.6 Å². The first kappa shape index (κ1) is 24.6. The van der Waals surface area contributed by atoms with Crippen molar-refractivity contribution in [3.63, 3.8) is 0 Å². The van der Waals surface area contributed by atoms with Crippen LogP contribution < -0.4 is 0 Å². The van der Waals surface area contributed by atoms with Gasteiger partial charge in [0.05, 0.1) is 12.1 Å². The molecule has 0 spiro atoms. The number of nitrogens with zero attached hydrogens (tertiary/aromatic N) is 3. The van der Waals surface area contributed by atoms with E-state index in [1.54, 1.807) is 26.4 Å². The summed E-state index contributed by atoms with van der Waals surface area (Å²) in [6, 6.07) is 14.9. The molecule has 0 saturated carbocycles. The van der Waals surface area contributed by atoms with Crippen LogP contribution in [0.5, 0.6) is 0 Å². The second-order valence-electron chi connectivity index (χ2n) is 8.07. The number of methoxy groups -OCH3 is 2. The molecule has 0 bridgehead atoms. The molecule has 0 aliphatic rings. The summed E-state index contributed by atoms with van der Waals surface area (Å²) in [7, 11) is 3.26. The van der Waals surface area contributed by atoms with Crippen molar-refractivity contribution in [2.45, 2.75) is 58.3 Å². The fourth-order valence-corrected chi connectivity index (χ4v) is 3.95. The Balaban J connectivity index is 1.89. The van der Waals surface area contributed by atoms with Crippen LogP contribution in [0, 0.1) is 0 Å². The highest BCUT2D eigenvalue weighted by molar-refractivity contribution is 5.95. The van der Waals surface area contributed by atoms with Crippen LogP contribution in [0.1, 0.15) is 67.1 Å². The first-order chi connectivity index (χ1) is 16.0. The zero-order valence-corrected chi connectivity index (χ0v) is 19.9. The molecule has 7 nitrogen and oxygen atoms in total. The summed E-state index contributed by atoms with van der Waals surface area (Å²) < 4.78 is 13.4. The van der Waals surface area contributed by atoms with Crippen LogP contribution in [-0.4, -0.2) is 40.1 Å². The molecule has 3 rings (SSSR count). The molecule has 0 fully saturated rings. The number of carboxylic acid groups (broad SMARTS) is 1. The molecule has 1 N–H and O–H groups in total. The van der Waals surface area contributed by atoms with Crippen molar-refractivity contribution in [1.82, 2.24) is 14.8 Å². The summed E-state index contributed by atoms with van der Waals surface area (Å²) in [4.78, 5) is 16.4. The van der Waals surface area contributed by atoms with Gasteiger partial charge in [0, 0.05) is 27.1 Å². The number of hydrogen-bond donors (Lipinski definition) is 1. The number of benzene rings is 2. The van der Waals surface area contributed by atoms with E-state index < -0.39 is 11.8 Å². The summed E-state index contributed by atoms with van der Waals surface area (Å²) >= 11 is 0. The molecule has 0 unspecified atom stereocenters. The summed E-state index contributed by atoms with van der Waals surface area (Å²) in [5.74, 6) is -0.440. The third-order valence-corrected chi connectivity index (χ3v) is 5.84. The van der Waals surface area contributed by atoms with Gasteiger partial charge >= 0.3 is 5.97 Å². The zero-order chi connectivity index (χ0) is 23.8. The van der Waals surface area contributed by atoms with E-state index in [2.05, 4.69) is 13.8 Å². The monoisotopic (exact) mass is 451 g/mol. The maximum absolute atomic E-state index is 11.6. The van der Waals surface area contributed by atoms with Crippen molar-refractivity contribution in [3.8, 4) is 11.1 Å². The Kier molecular flexibility index (Phi) is 8.36. The second-order valence-corrected chi connectivity index (χ2v) is 8.07. The largest absolute Gasteiger partial charge is 0.478 e. The lowest BCUT2D eigenvalue weighted by Crippen LogP contribution is -2.32. The average Bonchev–Trinajstić information content (AvgIpc) is 3.23. The zero-order valence-electron chi connectivity index (χ0n) is 19.9. The van der Waals surface area contributed by atoms with Gasteiger partial charge in [0.1, 0.15) is 5.82 Å². The van der Waals surface area contributed by atoms with Crippen LogP contribution in [0.3, 0.4) is 0 Å². The van der Waals surface area contributed by atoms with E-state index in [9.17, 15) is 9.90 Å². The predicted octanol–water partition coefficient (Wildman–Crippen LogP) is 5.28. The molecule has 0 radical (unpaired) electrons. The Morgan fingerprint density at radius 3 is 2.33 bits per heavy atom. The lowest BCUT2D eigenvalue weighted by atomic mass is 9.99. The molecule has 0 amide bonds. The highest BCUT2D eigenvalue weighted by Gasteiger charge is 2.37. The van der Waals surface area contributed by atoms with Crippen LogP contribution in [0.25, 0.3) is 11.1 Å². The van der Waals surface area contributed by atoms with Crippen molar-refractivity contribution in [1.29, 1.82) is 0 Å². The molecule has 176 valence electrons. The van der Waals surface area contributed by atoms with E-state index >= 15 is 0 Å². The fourth-order valence-electron chi connectivity index (χ4n) is 3.95. The Labute approximate surface area is 195 Å². The van der Waals surface area contributed by atoms with Gasteiger partial charge in [-0.15, -0.1) is 5.10 Å². The Bertz CT molecular complexity index is 1060. The summed E-state index contributed by atoms with van der Waals surface area (Å²) in [6.07, 6.45) is 4.40. The van der Waals surface area contributed by atoms with Gasteiger partial charge in [-0.05, 0) is 35.6 Å². The van der Waals surface area contributed by atoms with E-state index in [1.165, 1.54) is 0 Å². The molecular weight excluding hydrogens is 418 g/mol. The van der Waals surface area contributed by atoms with Crippen LogP contribution in [-0.2, 0) is 28.2 Å². The van der Waals surface area contributed by atoms with Crippen LogP contribution in [0.15, 0.2) is 48.5 Å². The highest BCUT2D eigenvalue weighted by Crippen LogP contribution is 2.30.